The summed E-state index contributed by atoms with van der Waals surface area (Å²) >= 11 is 3.43. The summed E-state index contributed by atoms with van der Waals surface area (Å²) in [5.74, 6) is 0. The number of aromatic nitrogens is 4. The molecule has 0 aliphatic heterocycles. The monoisotopic (exact) mass is 347 g/mol. The van der Waals surface area contributed by atoms with Gasteiger partial charge in [0.1, 0.15) is 11.7 Å². The smallest absolute Gasteiger partial charge is 0.264 e. The average Bonchev–Trinajstić information content (AvgIpc) is 2.87. The van der Waals surface area contributed by atoms with Crippen LogP contribution < -0.4 is 11.3 Å². The van der Waals surface area contributed by atoms with E-state index >= 15 is 0 Å². The van der Waals surface area contributed by atoms with Gasteiger partial charge in [-0.15, -0.1) is 0 Å². The number of fused-ring (bicyclic) bond motifs is 1. The SMILES string of the molecule is NCCn1ncc2c(=O)n(Cc3cccc(Br)c3)cnc21. The Kier molecular flexibility index (Phi) is 3.85. The molecule has 2 heterocycles. The van der Waals surface area contributed by atoms with Gasteiger partial charge >= 0.3 is 0 Å². The summed E-state index contributed by atoms with van der Waals surface area (Å²) in [6.45, 7) is 1.48. The van der Waals surface area contributed by atoms with E-state index in [0.717, 1.165) is 10.0 Å². The van der Waals surface area contributed by atoms with E-state index in [0.29, 0.717) is 30.7 Å². The van der Waals surface area contributed by atoms with Crippen LogP contribution in [0.3, 0.4) is 0 Å². The molecule has 1 aromatic carbocycles. The quantitative estimate of drug-likeness (QED) is 0.772. The molecule has 3 aromatic rings. The van der Waals surface area contributed by atoms with E-state index in [4.69, 9.17) is 5.73 Å². The van der Waals surface area contributed by atoms with Gasteiger partial charge in [-0.25, -0.2) is 9.67 Å². The van der Waals surface area contributed by atoms with Crippen LogP contribution in [-0.2, 0) is 13.1 Å². The van der Waals surface area contributed by atoms with E-state index in [1.165, 1.54) is 0 Å². The number of halogens is 1. The minimum absolute atomic E-state index is 0.0942. The predicted octanol–water partition coefficient (Wildman–Crippen LogP) is 1.36. The van der Waals surface area contributed by atoms with E-state index in [2.05, 4.69) is 26.0 Å². The Hall–Kier alpha value is -1.99. The highest BCUT2D eigenvalue weighted by Gasteiger charge is 2.09. The number of rotatable bonds is 4. The van der Waals surface area contributed by atoms with Gasteiger partial charge in [-0.1, -0.05) is 28.1 Å². The van der Waals surface area contributed by atoms with Gasteiger partial charge in [0.25, 0.3) is 5.56 Å². The third-order valence-corrected chi connectivity index (χ3v) is 3.70. The van der Waals surface area contributed by atoms with E-state index < -0.39 is 0 Å². The lowest BCUT2D eigenvalue weighted by molar-refractivity contribution is 0.637. The van der Waals surface area contributed by atoms with Crippen LogP contribution in [0.1, 0.15) is 5.56 Å². The summed E-state index contributed by atoms with van der Waals surface area (Å²) in [6, 6.07) is 7.84. The van der Waals surface area contributed by atoms with Crippen molar-refractivity contribution in [3.63, 3.8) is 0 Å². The molecule has 0 saturated carbocycles. The molecule has 108 valence electrons. The Morgan fingerprint density at radius 3 is 2.95 bits per heavy atom. The first kappa shape index (κ1) is 14.0. The number of hydrogen-bond donors (Lipinski definition) is 1. The fraction of sp³-hybridized carbons (Fsp3) is 0.214. The van der Waals surface area contributed by atoms with Gasteiger partial charge < -0.3 is 5.73 Å². The molecule has 0 unspecified atom stereocenters. The molecular formula is C14H14BrN5O. The minimum atomic E-state index is -0.0942. The lowest BCUT2D eigenvalue weighted by Gasteiger charge is -2.06. The lowest BCUT2D eigenvalue weighted by atomic mass is 10.2. The van der Waals surface area contributed by atoms with Gasteiger partial charge in [-0.2, -0.15) is 5.10 Å². The van der Waals surface area contributed by atoms with Crippen LogP contribution in [0.5, 0.6) is 0 Å². The van der Waals surface area contributed by atoms with Gasteiger partial charge in [0, 0.05) is 11.0 Å². The lowest BCUT2D eigenvalue weighted by Crippen LogP contribution is -2.21. The Morgan fingerprint density at radius 2 is 2.19 bits per heavy atom. The van der Waals surface area contributed by atoms with Gasteiger partial charge in [-0.05, 0) is 17.7 Å². The van der Waals surface area contributed by atoms with Crippen molar-refractivity contribution in [1.82, 2.24) is 19.3 Å². The molecule has 0 saturated heterocycles. The highest BCUT2D eigenvalue weighted by atomic mass is 79.9. The Balaban J connectivity index is 2.01. The van der Waals surface area contributed by atoms with Gasteiger partial charge in [0.05, 0.1) is 19.3 Å². The summed E-state index contributed by atoms with van der Waals surface area (Å²) in [5.41, 5.74) is 7.03. The summed E-state index contributed by atoms with van der Waals surface area (Å²) in [6.07, 6.45) is 3.11. The fourth-order valence-corrected chi connectivity index (χ4v) is 2.67. The average molecular weight is 348 g/mol. The number of nitrogens with two attached hydrogens (primary N) is 1. The second-order valence-electron chi connectivity index (χ2n) is 4.70. The van der Waals surface area contributed by atoms with Crippen molar-refractivity contribution in [2.45, 2.75) is 13.1 Å². The number of nitrogens with zero attached hydrogens (tertiary/aromatic N) is 4. The molecule has 7 heteroatoms. The topological polar surface area (TPSA) is 78.7 Å². The molecule has 0 bridgehead atoms. The second kappa shape index (κ2) is 5.79. The molecule has 0 aliphatic rings. The fourth-order valence-electron chi connectivity index (χ4n) is 2.23. The maximum atomic E-state index is 12.5. The highest BCUT2D eigenvalue weighted by molar-refractivity contribution is 9.10. The zero-order valence-electron chi connectivity index (χ0n) is 11.2. The van der Waals surface area contributed by atoms with Crippen LogP contribution >= 0.6 is 15.9 Å². The van der Waals surface area contributed by atoms with Crippen LogP contribution in [0, 0.1) is 0 Å². The van der Waals surface area contributed by atoms with Crippen LogP contribution in [0.4, 0.5) is 0 Å². The van der Waals surface area contributed by atoms with Crippen molar-refractivity contribution in [1.29, 1.82) is 0 Å². The number of hydrogen-bond acceptors (Lipinski definition) is 4. The van der Waals surface area contributed by atoms with Crippen molar-refractivity contribution >= 4 is 27.0 Å². The van der Waals surface area contributed by atoms with Crippen molar-refractivity contribution in [2.24, 2.45) is 5.73 Å². The summed E-state index contributed by atoms with van der Waals surface area (Å²) in [4.78, 5) is 16.8. The van der Waals surface area contributed by atoms with E-state index in [-0.39, 0.29) is 5.56 Å². The summed E-state index contributed by atoms with van der Waals surface area (Å²) < 4.78 is 4.22. The largest absolute Gasteiger partial charge is 0.329 e. The summed E-state index contributed by atoms with van der Waals surface area (Å²) in [7, 11) is 0. The molecule has 0 amide bonds. The van der Waals surface area contributed by atoms with Crippen LogP contribution in [0.15, 0.2) is 46.1 Å². The molecule has 2 aromatic heterocycles. The zero-order chi connectivity index (χ0) is 14.8. The van der Waals surface area contributed by atoms with Gasteiger partial charge in [-0.3, -0.25) is 9.36 Å². The second-order valence-corrected chi connectivity index (χ2v) is 5.62. The first-order valence-electron chi connectivity index (χ1n) is 6.54. The molecule has 21 heavy (non-hydrogen) atoms. The first-order valence-corrected chi connectivity index (χ1v) is 7.34. The third kappa shape index (κ3) is 2.74. The van der Waals surface area contributed by atoms with Crippen LogP contribution in [0.25, 0.3) is 11.0 Å². The van der Waals surface area contributed by atoms with Gasteiger partial charge in [0.2, 0.25) is 0 Å². The van der Waals surface area contributed by atoms with E-state index in [9.17, 15) is 4.79 Å². The molecule has 6 nitrogen and oxygen atoms in total. The van der Waals surface area contributed by atoms with Crippen LogP contribution in [-0.4, -0.2) is 25.9 Å². The molecule has 0 radical (unpaired) electrons. The molecule has 0 fully saturated rings. The van der Waals surface area contributed by atoms with Crippen molar-refractivity contribution in [3.05, 3.63) is 57.2 Å². The zero-order valence-corrected chi connectivity index (χ0v) is 12.8. The Labute approximate surface area is 129 Å². The summed E-state index contributed by atoms with van der Waals surface area (Å²) in [5, 5.41) is 4.68. The van der Waals surface area contributed by atoms with Crippen LogP contribution in [0.2, 0.25) is 0 Å². The van der Waals surface area contributed by atoms with E-state index in [1.54, 1.807) is 21.8 Å². The van der Waals surface area contributed by atoms with Crippen molar-refractivity contribution < 1.29 is 0 Å². The molecular weight excluding hydrogens is 334 g/mol. The predicted molar refractivity (Wildman–Crippen MR) is 84.1 cm³/mol. The molecule has 0 aliphatic carbocycles. The normalized spacial score (nSPS) is 11.1. The van der Waals surface area contributed by atoms with Crippen molar-refractivity contribution in [3.8, 4) is 0 Å². The van der Waals surface area contributed by atoms with Gasteiger partial charge in [0.15, 0.2) is 5.65 Å². The molecule has 0 atom stereocenters. The van der Waals surface area contributed by atoms with Crippen molar-refractivity contribution in [2.75, 3.05) is 6.54 Å². The first-order chi connectivity index (χ1) is 10.2. The maximum Gasteiger partial charge on any atom is 0.264 e. The highest BCUT2D eigenvalue weighted by Crippen LogP contribution is 2.12. The Bertz CT molecular complexity index is 839. The molecule has 2 N–H and O–H groups in total. The van der Waals surface area contributed by atoms with E-state index in [1.807, 2.05) is 24.3 Å². The standard InChI is InChI=1S/C14H14BrN5O/c15-11-3-1-2-10(6-11)8-19-9-17-13-12(14(19)21)7-18-20(13)5-4-16/h1-3,6-7,9H,4-5,8,16H2. The Morgan fingerprint density at radius 1 is 1.33 bits per heavy atom. The molecule has 0 spiro atoms. The maximum absolute atomic E-state index is 12.5. The molecule has 3 rings (SSSR count). The minimum Gasteiger partial charge on any atom is -0.329 e. The number of benzene rings is 1. The third-order valence-electron chi connectivity index (χ3n) is 3.21.